The van der Waals surface area contributed by atoms with E-state index >= 15 is 0 Å². The number of primary amides is 1. The lowest BCUT2D eigenvalue weighted by molar-refractivity contribution is -0.120. The molecule has 0 aliphatic carbocycles. The zero-order valence-corrected chi connectivity index (χ0v) is 11.1. The van der Waals surface area contributed by atoms with E-state index in [-0.39, 0.29) is 16.7 Å². The van der Waals surface area contributed by atoms with Crippen LogP contribution < -0.4 is 11.1 Å². The van der Waals surface area contributed by atoms with Gasteiger partial charge in [-0.15, -0.1) is 0 Å². The molecule has 1 aliphatic rings. The van der Waals surface area contributed by atoms with Crippen LogP contribution in [-0.4, -0.2) is 25.2 Å². The molecule has 1 amide bonds. The number of ether oxygens (including phenoxy) is 1. The summed E-state index contributed by atoms with van der Waals surface area (Å²) >= 11 is 5.69. The first kappa shape index (κ1) is 14.2. The summed E-state index contributed by atoms with van der Waals surface area (Å²) < 4.78 is 19.2. The topological polar surface area (TPSA) is 64.4 Å². The van der Waals surface area contributed by atoms with Crippen molar-refractivity contribution < 1.29 is 13.9 Å². The second-order valence-corrected chi connectivity index (χ2v) is 4.98. The number of carbonyl (C=O) groups is 1. The van der Waals surface area contributed by atoms with Crippen LogP contribution in [0.25, 0.3) is 0 Å². The predicted molar refractivity (Wildman–Crippen MR) is 70.3 cm³/mol. The van der Waals surface area contributed by atoms with Crippen LogP contribution in [0.15, 0.2) is 18.2 Å². The van der Waals surface area contributed by atoms with Gasteiger partial charge < -0.3 is 10.5 Å². The molecule has 19 heavy (non-hydrogen) atoms. The average molecular weight is 287 g/mol. The van der Waals surface area contributed by atoms with Crippen LogP contribution in [0.3, 0.4) is 0 Å². The molecule has 0 aromatic heterocycles. The highest BCUT2D eigenvalue weighted by Crippen LogP contribution is 2.21. The van der Waals surface area contributed by atoms with Crippen LogP contribution in [0.1, 0.15) is 24.4 Å². The van der Waals surface area contributed by atoms with Crippen molar-refractivity contribution in [3.63, 3.8) is 0 Å². The number of nitrogens with two attached hydrogens (primary N) is 1. The Balaban J connectivity index is 2.08. The van der Waals surface area contributed by atoms with Crippen molar-refractivity contribution in [1.29, 1.82) is 0 Å². The van der Waals surface area contributed by atoms with Gasteiger partial charge in [-0.1, -0.05) is 17.7 Å². The highest BCUT2D eigenvalue weighted by atomic mass is 35.5. The standard InChI is InChI=1S/C13H16ClFN2O2/c14-8-3-4-10(11(15)6-8)12(13(16)18)17-7-9-2-1-5-19-9/h3-4,6,9,12,17H,1-2,5,7H2,(H2,16,18). The molecule has 4 nitrogen and oxygen atoms in total. The fraction of sp³-hybridized carbons (Fsp3) is 0.462. The van der Waals surface area contributed by atoms with Crippen molar-refractivity contribution in [3.05, 3.63) is 34.6 Å². The van der Waals surface area contributed by atoms with E-state index in [1.54, 1.807) is 0 Å². The summed E-state index contributed by atoms with van der Waals surface area (Å²) in [4.78, 5) is 11.5. The molecule has 2 rings (SSSR count). The highest BCUT2D eigenvalue weighted by molar-refractivity contribution is 6.30. The lowest BCUT2D eigenvalue weighted by Crippen LogP contribution is -2.38. The molecule has 0 saturated carbocycles. The fourth-order valence-electron chi connectivity index (χ4n) is 2.15. The lowest BCUT2D eigenvalue weighted by Gasteiger charge is -2.19. The normalized spacial score (nSPS) is 20.4. The van der Waals surface area contributed by atoms with E-state index in [1.807, 2.05) is 0 Å². The SMILES string of the molecule is NC(=O)C(NCC1CCCO1)c1ccc(Cl)cc1F. The number of nitrogens with one attached hydrogen (secondary N) is 1. The first-order valence-electron chi connectivity index (χ1n) is 6.17. The molecule has 6 heteroatoms. The minimum Gasteiger partial charge on any atom is -0.377 e. The van der Waals surface area contributed by atoms with Crippen LogP contribution in [0.4, 0.5) is 4.39 Å². The Labute approximate surface area is 116 Å². The average Bonchev–Trinajstić information content (AvgIpc) is 2.84. The summed E-state index contributed by atoms with van der Waals surface area (Å²) in [5.41, 5.74) is 5.52. The van der Waals surface area contributed by atoms with Crippen molar-refractivity contribution in [1.82, 2.24) is 5.32 Å². The van der Waals surface area contributed by atoms with Gasteiger partial charge in [0, 0.05) is 23.7 Å². The zero-order chi connectivity index (χ0) is 13.8. The van der Waals surface area contributed by atoms with Crippen LogP contribution in [-0.2, 0) is 9.53 Å². The Morgan fingerprint density at radius 1 is 1.63 bits per heavy atom. The molecule has 2 atom stereocenters. The van der Waals surface area contributed by atoms with Crippen LogP contribution >= 0.6 is 11.6 Å². The molecule has 1 saturated heterocycles. The van der Waals surface area contributed by atoms with Crippen molar-refractivity contribution in [2.24, 2.45) is 5.73 Å². The number of rotatable bonds is 5. The molecule has 0 spiro atoms. The smallest absolute Gasteiger partial charge is 0.239 e. The molecule has 2 unspecified atom stereocenters. The summed E-state index contributed by atoms with van der Waals surface area (Å²) in [6.45, 7) is 1.19. The third-order valence-electron chi connectivity index (χ3n) is 3.13. The fourth-order valence-corrected chi connectivity index (χ4v) is 2.31. The summed E-state index contributed by atoms with van der Waals surface area (Å²) in [5.74, 6) is -1.17. The molecule has 1 heterocycles. The van der Waals surface area contributed by atoms with Crippen LogP contribution in [0, 0.1) is 5.82 Å². The van der Waals surface area contributed by atoms with E-state index in [1.165, 1.54) is 18.2 Å². The maximum Gasteiger partial charge on any atom is 0.239 e. The Morgan fingerprint density at radius 2 is 2.42 bits per heavy atom. The summed E-state index contributed by atoms with van der Waals surface area (Å²) in [5, 5.41) is 3.24. The van der Waals surface area contributed by atoms with Crippen molar-refractivity contribution in [2.75, 3.05) is 13.2 Å². The van der Waals surface area contributed by atoms with E-state index in [9.17, 15) is 9.18 Å². The maximum atomic E-state index is 13.8. The molecule has 1 aromatic carbocycles. The molecule has 1 aromatic rings. The number of carbonyl (C=O) groups excluding carboxylic acids is 1. The number of hydrogen-bond acceptors (Lipinski definition) is 3. The third-order valence-corrected chi connectivity index (χ3v) is 3.37. The summed E-state index contributed by atoms with van der Waals surface area (Å²) in [7, 11) is 0. The molecule has 3 N–H and O–H groups in total. The van der Waals surface area contributed by atoms with Gasteiger partial charge in [-0.2, -0.15) is 0 Å². The van der Waals surface area contributed by atoms with Gasteiger partial charge >= 0.3 is 0 Å². The molecule has 104 valence electrons. The van der Waals surface area contributed by atoms with Gasteiger partial charge in [-0.05, 0) is 25.0 Å². The van der Waals surface area contributed by atoms with Crippen LogP contribution in [0.5, 0.6) is 0 Å². The number of halogens is 2. The van der Waals surface area contributed by atoms with Gasteiger partial charge in [-0.3, -0.25) is 10.1 Å². The van der Waals surface area contributed by atoms with Crippen molar-refractivity contribution in [2.45, 2.75) is 25.0 Å². The van der Waals surface area contributed by atoms with Gasteiger partial charge in [0.1, 0.15) is 11.9 Å². The lowest BCUT2D eigenvalue weighted by atomic mass is 10.1. The minimum atomic E-state index is -0.874. The van der Waals surface area contributed by atoms with E-state index in [2.05, 4.69) is 5.32 Å². The van der Waals surface area contributed by atoms with Gasteiger partial charge in [-0.25, -0.2) is 4.39 Å². The number of amides is 1. The second-order valence-electron chi connectivity index (χ2n) is 4.54. The quantitative estimate of drug-likeness (QED) is 0.867. The van der Waals surface area contributed by atoms with E-state index < -0.39 is 17.8 Å². The molecule has 1 fully saturated rings. The Bertz CT molecular complexity index is 464. The monoisotopic (exact) mass is 286 g/mol. The number of benzene rings is 1. The first-order valence-corrected chi connectivity index (χ1v) is 6.55. The summed E-state index contributed by atoms with van der Waals surface area (Å²) in [6, 6.07) is 3.29. The second kappa shape index (κ2) is 6.32. The van der Waals surface area contributed by atoms with Gasteiger partial charge in [0.15, 0.2) is 0 Å². The molecule has 1 aliphatic heterocycles. The Kier molecular flexibility index (Phi) is 4.74. The minimum absolute atomic E-state index is 0.0530. The molecular formula is C13H16ClFN2O2. The summed E-state index contributed by atoms with van der Waals surface area (Å²) in [6.07, 6.45) is 1.99. The van der Waals surface area contributed by atoms with Gasteiger partial charge in [0.05, 0.1) is 6.10 Å². The van der Waals surface area contributed by atoms with Crippen LogP contribution in [0.2, 0.25) is 5.02 Å². The number of hydrogen-bond donors (Lipinski definition) is 2. The predicted octanol–water partition coefficient (Wildman–Crippen LogP) is 1.77. The molecular weight excluding hydrogens is 271 g/mol. The maximum absolute atomic E-state index is 13.8. The first-order chi connectivity index (χ1) is 9.08. The van der Waals surface area contributed by atoms with Gasteiger partial charge in [0.2, 0.25) is 5.91 Å². The largest absolute Gasteiger partial charge is 0.377 e. The zero-order valence-electron chi connectivity index (χ0n) is 10.4. The molecule has 0 radical (unpaired) electrons. The highest BCUT2D eigenvalue weighted by Gasteiger charge is 2.23. The Hall–Kier alpha value is -1.17. The van der Waals surface area contributed by atoms with E-state index in [0.717, 1.165) is 19.4 Å². The van der Waals surface area contributed by atoms with E-state index in [0.29, 0.717) is 6.54 Å². The third kappa shape index (κ3) is 3.65. The van der Waals surface area contributed by atoms with E-state index in [4.69, 9.17) is 22.1 Å². The Morgan fingerprint density at radius 3 is 3.00 bits per heavy atom. The molecule has 0 bridgehead atoms. The van der Waals surface area contributed by atoms with Gasteiger partial charge in [0.25, 0.3) is 0 Å². The van der Waals surface area contributed by atoms with Crippen molar-refractivity contribution >= 4 is 17.5 Å². The van der Waals surface area contributed by atoms with Crippen molar-refractivity contribution in [3.8, 4) is 0 Å².